The number of alkyl halides is 3. The number of rotatable bonds is 11. The Morgan fingerprint density at radius 1 is 0.845 bits per heavy atom. The summed E-state index contributed by atoms with van der Waals surface area (Å²) in [6.07, 6.45) is -2.46. The van der Waals surface area contributed by atoms with Crippen LogP contribution in [0.1, 0.15) is 89.7 Å². The number of hydrogen-bond acceptors (Lipinski definition) is 8. The van der Waals surface area contributed by atoms with Crippen LogP contribution in [0.3, 0.4) is 0 Å². The number of primary amides is 1. The smallest absolute Gasteiger partial charge is 0.433 e. The Morgan fingerprint density at radius 2 is 1.40 bits per heavy atom. The summed E-state index contributed by atoms with van der Waals surface area (Å²) in [5.41, 5.74) is 5.75. The third-order valence-electron chi connectivity index (χ3n) is 11.2. The van der Waals surface area contributed by atoms with Crippen LogP contribution in [-0.2, 0) is 25.2 Å². The van der Waals surface area contributed by atoms with Crippen molar-refractivity contribution < 1.29 is 41.8 Å². The Balaban J connectivity index is 1.19. The summed E-state index contributed by atoms with van der Waals surface area (Å²) in [5.74, 6) is -0.751. The molecule has 2 aliphatic heterocycles. The lowest BCUT2D eigenvalue weighted by atomic mass is 9.90. The molecule has 4 heterocycles. The van der Waals surface area contributed by atoms with Gasteiger partial charge in [0.15, 0.2) is 5.60 Å². The summed E-state index contributed by atoms with van der Waals surface area (Å²) in [4.78, 5) is 68.9. The molecule has 6 rings (SSSR count). The number of carbonyl (C=O) groups excluding carboxylic acids is 4. The highest BCUT2D eigenvalue weighted by atomic mass is 19.4. The molecule has 17 heteroatoms. The van der Waals surface area contributed by atoms with Crippen LogP contribution in [-0.4, -0.2) is 85.6 Å². The number of alkyl carbamates (subject to hydrolysis) is 1. The lowest BCUT2D eigenvalue weighted by molar-refractivity contribution is -0.155. The van der Waals surface area contributed by atoms with Crippen molar-refractivity contribution in [2.45, 2.75) is 90.2 Å². The SMILES string of the molecule is COC(=O)NC(C(=O)N1CCCC1c1ncc(-c2ccc(-c3ccc(-c4nc([C@@H]5CCCN5C(=O)[C@@](C)(OC(N)=O)C(C)C)[nH]c4C(F)(F)F)cc3)cc2)[nH]1)C(C)C. The van der Waals surface area contributed by atoms with Gasteiger partial charge in [0, 0.05) is 24.6 Å². The van der Waals surface area contributed by atoms with Crippen molar-refractivity contribution in [2.24, 2.45) is 17.6 Å². The van der Waals surface area contributed by atoms with Gasteiger partial charge >= 0.3 is 18.4 Å². The van der Waals surface area contributed by atoms with Crippen molar-refractivity contribution in [3.8, 4) is 33.6 Å². The van der Waals surface area contributed by atoms with Crippen LogP contribution in [0.2, 0.25) is 0 Å². The van der Waals surface area contributed by atoms with Crippen LogP contribution in [0.5, 0.6) is 0 Å². The molecule has 5 N–H and O–H groups in total. The Labute approximate surface area is 334 Å². The molecule has 0 saturated carbocycles. The minimum atomic E-state index is -4.76. The van der Waals surface area contributed by atoms with E-state index in [0.29, 0.717) is 31.6 Å². The molecule has 4 amide bonds. The number of carbonyl (C=O) groups is 4. The van der Waals surface area contributed by atoms with Crippen LogP contribution in [0, 0.1) is 11.8 Å². The van der Waals surface area contributed by atoms with Crippen LogP contribution in [0.25, 0.3) is 33.6 Å². The highest BCUT2D eigenvalue weighted by molar-refractivity contribution is 5.88. The fourth-order valence-corrected chi connectivity index (χ4v) is 7.67. The van der Waals surface area contributed by atoms with Crippen LogP contribution in [0.15, 0.2) is 54.7 Å². The van der Waals surface area contributed by atoms with E-state index in [-0.39, 0.29) is 41.5 Å². The van der Waals surface area contributed by atoms with Gasteiger partial charge in [-0.15, -0.1) is 0 Å². The maximum Gasteiger partial charge on any atom is 0.433 e. The van der Waals surface area contributed by atoms with Crippen molar-refractivity contribution in [3.05, 3.63) is 72.1 Å². The fraction of sp³-hybridized carbons (Fsp3) is 0.463. The van der Waals surface area contributed by atoms with Crippen molar-refractivity contribution in [1.82, 2.24) is 35.1 Å². The predicted octanol–water partition coefficient (Wildman–Crippen LogP) is 7.37. The molecular formula is C41H49F3N8O6. The van der Waals surface area contributed by atoms with Gasteiger partial charge in [-0.05, 0) is 55.2 Å². The average Bonchev–Trinajstić information content (AvgIpc) is 4.02. The minimum absolute atomic E-state index is 0.0115. The monoisotopic (exact) mass is 806 g/mol. The van der Waals surface area contributed by atoms with E-state index in [0.717, 1.165) is 28.8 Å². The second kappa shape index (κ2) is 16.5. The number of methoxy groups -OCH3 is 1. The summed E-state index contributed by atoms with van der Waals surface area (Å²) in [6.45, 7) is 9.34. The van der Waals surface area contributed by atoms with Gasteiger partial charge in [-0.2, -0.15) is 13.2 Å². The topological polar surface area (TPSA) is 189 Å². The Hall–Kier alpha value is -5.87. The van der Waals surface area contributed by atoms with Gasteiger partial charge in [-0.3, -0.25) is 9.59 Å². The van der Waals surface area contributed by atoms with E-state index in [1.807, 2.05) is 38.1 Å². The summed E-state index contributed by atoms with van der Waals surface area (Å²) in [7, 11) is 1.25. The molecule has 310 valence electrons. The largest absolute Gasteiger partial charge is 0.453 e. The highest BCUT2D eigenvalue weighted by Crippen LogP contribution is 2.41. The second-order valence-electron chi connectivity index (χ2n) is 15.6. The Morgan fingerprint density at radius 3 is 1.93 bits per heavy atom. The maximum atomic E-state index is 14.4. The molecule has 2 saturated heterocycles. The first kappa shape index (κ1) is 41.8. The van der Waals surface area contributed by atoms with Gasteiger partial charge in [0.1, 0.15) is 29.1 Å². The quantitative estimate of drug-likeness (QED) is 0.121. The number of amides is 4. The standard InChI is InChI=1S/C41H49F3N8O6/c1-22(2)31(49-39(56)57-6)36(53)51-19-7-9-29(51)34-46-21-28(47-34)26-15-11-24(12-16-26)25-13-17-27(18-14-25)32-33(41(42,43)44)50-35(48-32)30-10-8-20-52(30)37(54)40(5,23(3)4)58-38(45)55/h11-18,21-23,29-31H,7-10,19-20H2,1-6H3,(H2,45,55)(H,46,47)(H,48,50)(H,49,56)/t29?,30-,31?,40-/m0/s1. The lowest BCUT2D eigenvalue weighted by Gasteiger charge is -2.36. The van der Waals surface area contributed by atoms with Crippen LogP contribution in [0.4, 0.5) is 22.8 Å². The average molecular weight is 807 g/mol. The van der Waals surface area contributed by atoms with Crippen molar-refractivity contribution in [1.29, 1.82) is 0 Å². The number of benzene rings is 2. The number of likely N-dealkylation sites (tertiary alicyclic amines) is 2. The molecule has 0 spiro atoms. The molecule has 2 aliphatic rings. The molecule has 2 aromatic heterocycles. The number of H-pyrrole nitrogens is 2. The first-order chi connectivity index (χ1) is 27.4. The van der Waals surface area contributed by atoms with E-state index in [1.54, 1.807) is 49.2 Å². The van der Waals surface area contributed by atoms with Crippen molar-refractivity contribution in [3.63, 3.8) is 0 Å². The molecule has 58 heavy (non-hydrogen) atoms. The van der Waals surface area contributed by atoms with E-state index in [2.05, 4.69) is 25.3 Å². The van der Waals surface area contributed by atoms with E-state index < -0.39 is 53.6 Å². The summed E-state index contributed by atoms with van der Waals surface area (Å²) in [6, 6.07) is 12.4. The number of hydrogen-bond donors (Lipinski definition) is 4. The Kier molecular flexibility index (Phi) is 11.9. The van der Waals surface area contributed by atoms with Crippen LogP contribution >= 0.6 is 0 Å². The van der Waals surface area contributed by atoms with Gasteiger partial charge in [0.25, 0.3) is 5.91 Å². The van der Waals surface area contributed by atoms with E-state index in [1.165, 1.54) is 18.9 Å². The highest BCUT2D eigenvalue weighted by Gasteiger charge is 2.48. The summed E-state index contributed by atoms with van der Waals surface area (Å²) < 4.78 is 53.3. The van der Waals surface area contributed by atoms with Gasteiger partial charge in [0.2, 0.25) is 5.91 Å². The number of ether oxygens (including phenoxy) is 2. The molecule has 2 aromatic carbocycles. The van der Waals surface area contributed by atoms with Crippen molar-refractivity contribution in [2.75, 3.05) is 20.2 Å². The normalized spacial score (nSPS) is 18.7. The first-order valence-electron chi connectivity index (χ1n) is 19.3. The van der Waals surface area contributed by atoms with Gasteiger partial charge in [-0.25, -0.2) is 19.6 Å². The Bertz CT molecular complexity index is 2130. The van der Waals surface area contributed by atoms with E-state index in [4.69, 9.17) is 15.2 Å². The van der Waals surface area contributed by atoms with Gasteiger partial charge in [0.05, 0.1) is 31.1 Å². The zero-order valence-corrected chi connectivity index (χ0v) is 33.3. The zero-order valence-electron chi connectivity index (χ0n) is 33.3. The molecule has 0 aliphatic carbocycles. The molecule has 14 nitrogen and oxygen atoms in total. The zero-order chi connectivity index (χ0) is 42.1. The summed E-state index contributed by atoms with van der Waals surface area (Å²) >= 11 is 0. The summed E-state index contributed by atoms with van der Waals surface area (Å²) in [5, 5.41) is 2.65. The predicted molar refractivity (Wildman–Crippen MR) is 207 cm³/mol. The van der Waals surface area contributed by atoms with Crippen molar-refractivity contribution >= 4 is 24.0 Å². The number of nitrogens with zero attached hydrogens (tertiary/aromatic N) is 4. The van der Waals surface area contributed by atoms with Crippen LogP contribution < -0.4 is 11.1 Å². The number of halogens is 3. The second-order valence-corrected chi connectivity index (χ2v) is 15.6. The molecule has 4 atom stereocenters. The molecule has 4 aromatic rings. The van der Waals surface area contributed by atoms with E-state index >= 15 is 0 Å². The van der Waals surface area contributed by atoms with E-state index in [9.17, 15) is 32.3 Å². The fourth-order valence-electron chi connectivity index (χ4n) is 7.67. The number of aromatic nitrogens is 4. The number of imidazole rings is 2. The third kappa shape index (κ3) is 8.38. The molecule has 0 radical (unpaired) electrons. The molecule has 2 unspecified atom stereocenters. The third-order valence-corrected chi connectivity index (χ3v) is 11.2. The number of nitrogens with two attached hydrogens (primary N) is 1. The van der Waals surface area contributed by atoms with Gasteiger partial charge < -0.3 is 40.3 Å². The minimum Gasteiger partial charge on any atom is -0.453 e. The molecule has 2 fully saturated rings. The lowest BCUT2D eigenvalue weighted by Crippen LogP contribution is -2.53. The maximum absolute atomic E-state index is 14.4. The molecular weight excluding hydrogens is 757 g/mol. The van der Waals surface area contributed by atoms with Gasteiger partial charge in [-0.1, -0.05) is 76.2 Å². The number of aromatic amines is 2. The first-order valence-corrected chi connectivity index (χ1v) is 19.3. The molecule has 0 bridgehead atoms. The number of nitrogens with one attached hydrogen (secondary N) is 3.